The van der Waals surface area contributed by atoms with Crippen LogP contribution < -0.4 is 4.90 Å². The van der Waals surface area contributed by atoms with Gasteiger partial charge in [0.1, 0.15) is 0 Å². The van der Waals surface area contributed by atoms with E-state index < -0.39 is 5.97 Å². The van der Waals surface area contributed by atoms with E-state index in [4.69, 9.17) is 16.7 Å². The molecule has 0 fully saturated rings. The maximum atomic E-state index is 10.7. The van der Waals surface area contributed by atoms with Crippen molar-refractivity contribution in [3.63, 3.8) is 0 Å². The fourth-order valence-electron chi connectivity index (χ4n) is 2.23. The van der Waals surface area contributed by atoms with Gasteiger partial charge in [-0.3, -0.25) is 4.79 Å². The standard InChI is InChI=1S/C12H14ClNO2/c1-14-10(7-12(15)16)5-3-8-2-4-9(13)6-11(8)14/h2,4,6,10H,3,5,7H2,1H3,(H,15,16). The Labute approximate surface area is 99.6 Å². The quantitative estimate of drug-likeness (QED) is 0.862. The lowest BCUT2D eigenvalue weighted by atomic mass is 9.94. The molecule has 4 heteroatoms. The van der Waals surface area contributed by atoms with Crippen molar-refractivity contribution < 1.29 is 9.90 Å². The number of aryl methyl sites for hydroxylation is 1. The molecule has 3 nitrogen and oxygen atoms in total. The van der Waals surface area contributed by atoms with Crippen LogP contribution in [0.15, 0.2) is 18.2 Å². The van der Waals surface area contributed by atoms with E-state index in [2.05, 4.69) is 0 Å². The second-order valence-electron chi connectivity index (χ2n) is 4.17. The summed E-state index contributed by atoms with van der Waals surface area (Å²) in [5.41, 5.74) is 2.30. The molecular weight excluding hydrogens is 226 g/mol. The first-order valence-corrected chi connectivity index (χ1v) is 5.69. The molecule has 0 amide bonds. The van der Waals surface area contributed by atoms with Crippen LogP contribution in [0.1, 0.15) is 18.4 Å². The van der Waals surface area contributed by atoms with Crippen molar-refractivity contribution in [1.29, 1.82) is 0 Å². The number of carboxylic acid groups (broad SMARTS) is 1. The number of nitrogens with zero attached hydrogens (tertiary/aromatic N) is 1. The molecule has 0 radical (unpaired) electrons. The summed E-state index contributed by atoms with van der Waals surface area (Å²) in [4.78, 5) is 12.8. The molecule has 1 N–H and O–H groups in total. The van der Waals surface area contributed by atoms with Crippen molar-refractivity contribution in [2.24, 2.45) is 0 Å². The van der Waals surface area contributed by atoms with Crippen LogP contribution in [0, 0.1) is 0 Å². The smallest absolute Gasteiger partial charge is 0.305 e. The molecule has 1 atom stereocenters. The Morgan fingerprint density at radius 2 is 2.38 bits per heavy atom. The van der Waals surface area contributed by atoms with Crippen LogP contribution in [-0.4, -0.2) is 24.2 Å². The summed E-state index contributed by atoms with van der Waals surface area (Å²) in [7, 11) is 1.93. The highest BCUT2D eigenvalue weighted by molar-refractivity contribution is 6.30. The largest absolute Gasteiger partial charge is 0.481 e. The molecule has 86 valence electrons. The third-order valence-corrected chi connectivity index (χ3v) is 3.37. The number of rotatable bonds is 2. The first kappa shape index (κ1) is 11.3. The van der Waals surface area contributed by atoms with E-state index in [-0.39, 0.29) is 12.5 Å². The predicted molar refractivity (Wildman–Crippen MR) is 64.2 cm³/mol. The average molecular weight is 240 g/mol. The van der Waals surface area contributed by atoms with E-state index in [0.29, 0.717) is 5.02 Å². The van der Waals surface area contributed by atoms with Crippen LogP contribution in [-0.2, 0) is 11.2 Å². The van der Waals surface area contributed by atoms with E-state index in [1.54, 1.807) is 0 Å². The fraction of sp³-hybridized carbons (Fsp3) is 0.417. The van der Waals surface area contributed by atoms with Crippen LogP contribution in [0.2, 0.25) is 5.02 Å². The number of benzene rings is 1. The molecule has 0 bridgehead atoms. The monoisotopic (exact) mass is 239 g/mol. The first-order valence-electron chi connectivity index (χ1n) is 5.31. The van der Waals surface area contributed by atoms with Gasteiger partial charge < -0.3 is 10.0 Å². The van der Waals surface area contributed by atoms with Gasteiger partial charge in [-0.15, -0.1) is 0 Å². The average Bonchev–Trinajstić information content (AvgIpc) is 2.22. The number of anilines is 1. The summed E-state index contributed by atoms with van der Waals surface area (Å²) < 4.78 is 0. The minimum atomic E-state index is -0.748. The Hall–Kier alpha value is -1.22. The SMILES string of the molecule is CN1c2cc(Cl)ccc2CCC1CC(=O)O. The van der Waals surface area contributed by atoms with Gasteiger partial charge in [0.25, 0.3) is 0 Å². The van der Waals surface area contributed by atoms with Gasteiger partial charge in [-0.2, -0.15) is 0 Å². The van der Waals surface area contributed by atoms with Gasteiger partial charge in [0, 0.05) is 23.8 Å². The zero-order valence-corrected chi connectivity index (χ0v) is 9.87. The Morgan fingerprint density at radius 3 is 3.06 bits per heavy atom. The topological polar surface area (TPSA) is 40.5 Å². The maximum absolute atomic E-state index is 10.7. The number of aliphatic carboxylic acids is 1. The lowest BCUT2D eigenvalue weighted by Gasteiger charge is -2.35. The van der Waals surface area contributed by atoms with Crippen LogP contribution in [0.5, 0.6) is 0 Å². The normalized spacial score (nSPS) is 19.4. The molecule has 1 aliphatic heterocycles. The first-order chi connectivity index (χ1) is 7.58. The molecule has 16 heavy (non-hydrogen) atoms. The van der Waals surface area contributed by atoms with Crippen molar-refractivity contribution in [1.82, 2.24) is 0 Å². The molecule has 1 unspecified atom stereocenters. The highest BCUT2D eigenvalue weighted by Gasteiger charge is 2.25. The van der Waals surface area contributed by atoms with Gasteiger partial charge in [-0.1, -0.05) is 17.7 Å². The Bertz CT molecular complexity index is 419. The second-order valence-corrected chi connectivity index (χ2v) is 4.61. The predicted octanol–water partition coefficient (Wildman–Crippen LogP) is 2.57. The summed E-state index contributed by atoms with van der Waals surface area (Å²) in [6.07, 6.45) is 1.99. The zero-order chi connectivity index (χ0) is 11.7. The Balaban J connectivity index is 2.26. The van der Waals surface area contributed by atoms with Gasteiger partial charge in [0.05, 0.1) is 6.42 Å². The third kappa shape index (κ3) is 2.14. The Morgan fingerprint density at radius 1 is 1.62 bits per heavy atom. The Kier molecular flexibility index (Phi) is 3.06. The zero-order valence-electron chi connectivity index (χ0n) is 9.11. The molecule has 0 aromatic heterocycles. The number of hydrogen-bond acceptors (Lipinski definition) is 2. The maximum Gasteiger partial charge on any atom is 0.305 e. The molecule has 1 aromatic carbocycles. The summed E-state index contributed by atoms with van der Waals surface area (Å²) >= 11 is 5.95. The second kappa shape index (κ2) is 4.34. The van der Waals surface area contributed by atoms with Gasteiger partial charge in [0.15, 0.2) is 0 Å². The summed E-state index contributed by atoms with van der Waals surface area (Å²) in [6.45, 7) is 0. The highest BCUT2D eigenvalue weighted by Crippen LogP contribution is 2.32. The molecule has 0 spiro atoms. The molecular formula is C12H14ClNO2. The van der Waals surface area contributed by atoms with Crippen LogP contribution >= 0.6 is 11.6 Å². The molecule has 1 heterocycles. The number of fused-ring (bicyclic) bond motifs is 1. The highest BCUT2D eigenvalue weighted by atomic mass is 35.5. The summed E-state index contributed by atoms with van der Waals surface area (Å²) in [5.74, 6) is -0.748. The van der Waals surface area contributed by atoms with Gasteiger partial charge >= 0.3 is 5.97 Å². The number of carboxylic acids is 1. The molecule has 1 aliphatic rings. The van der Waals surface area contributed by atoms with Crippen molar-refractivity contribution in [2.45, 2.75) is 25.3 Å². The lowest BCUT2D eigenvalue weighted by molar-refractivity contribution is -0.137. The molecule has 0 saturated heterocycles. The van der Waals surface area contributed by atoms with E-state index >= 15 is 0 Å². The van der Waals surface area contributed by atoms with Crippen molar-refractivity contribution in [2.75, 3.05) is 11.9 Å². The summed E-state index contributed by atoms with van der Waals surface area (Å²) in [6, 6.07) is 5.88. The van der Waals surface area contributed by atoms with Crippen LogP contribution in [0.3, 0.4) is 0 Å². The lowest BCUT2D eigenvalue weighted by Crippen LogP contribution is -2.37. The van der Waals surface area contributed by atoms with E-state index in [1.165, 1.54) is 5.56 Å². The van der Waals surface area contributed by atoms with Crippen LogP contribution in [0.4, 0.5) is 5.69 Å². The van der Waals surface area contributed by atoms with Crippen molar-refractivity contribution in [3.05, 3.63) is 28.8 Å². The van der Waals surface area contributed by atoms with Crippen LogP contribution in [0.25, 0.3) is 0 Å². The fourth-order valence-corrected chi connectivity index (χ4v) is 2.40. The van der Waals surface area contributed by atoms with Crippen molar-refractivity contribution >= 4 is 23.3 Å². The minimum Gasteiger partial charge on any atom is -0.481 e. The molecule has 0 saturated carbocycles. The van der Waals surface area contributed by atoms with Gasteiger partial charge in [-0.25, -0.2) is 0 Å². The van der Waals surface area contributed by atoms with Gasteiger partial charge in [0.2, 0.25) is 0 Å². The van der Waals surface area contributed by atoms with Crippen molar-refractivity contribution in [3.8, 4) is 0 Å². The molecule has 0 aliphatic carbocycles. The third-order valence-electron chi connectivity index (χ3n) is 3.13. The van der Waals surface area contributed by atoms with E-state index in [1.807, 2.05) is 30.1 Å². The number of carbonyl (C=O) groups is 1. The summed E-state index contributed by atoms with van der Waals surface area (Å²) in [5, 5.41) is 9.53. The minimum absolute atomic E-state index is 0.0727. The number of halogens is 1. The molecule has 1 aromatic rings. The number of hydrogen-bond donors (Lipinski definition) is 1. The van der Waals surface area contributed by atoms with E-state index in [9.17, 15) is 4.79 Å². The van der Waals surface area contributed by atoms with Gasteiger partial charge in [-0.05, 0) is 30.5 Å². The van der Waals surface area contributed by atoms with E-state index in [0.717, 1.165) is 18.5 Å². The molecule has 2 rings (SSSR count).